The fraction of sp³-hybridized carbons (Fsp3) is 0. The van der Waals surface area contributed by atoms with Crippen molar-refractivity contribution in [3.8, 4) is 0 Å². The third kappa shape index (κ3) is 3.01. The number of benzene rings is 1. The second kappa shape index (κ2) is 5.25. The monoisotopic (exact) mass is 307 g/mol. The molecule has 2 rings (SSSR count). The van der Waals surface area contributed by atoms with Gasteiger partial charge in [0.2, 0.25) is 0 Å². The average Bonchev–Trinajstić information content (AvgIpc) is 2.32. The van der Waals surface area contributed by atoms with Crippen molar-refractivity contribution in [3.05, 3.63) is 52.8 Å². The quantitative estimate of drug-likeness (QED) is 0.855. The molecule has 1 heterocycles. The summed E-state index contributed by atoms with van der Waals surface area (Å²) < 4.78 is 1.03. The van der Waals surface area contributed by atoms with Gasteiger partial charge in [-0.15, -0.1) is 0 Å². The number of nitrogens with one attached hydrogen (secondary N) is 1. The molecule has 0 atom stereocenters. The van der Waals surface area contributed by atoms with Crippen molar-refractivity contribution >= 4 is 44.5 Å². The minimum absolute atomic E-state index is 0.283. The number of rotatable bonds is 3. The van der Waals surface area contributed by atoms with E-state index in [4.69, 9.17) is 18.0 Å². The van der Waals surface area contributed by atoms with E-state index in [9.17, 15) is 0 Å². The van der Waals surface area contributed by atoms with E-state index in [2.05, 4.69) is 26.2 Å². The summed E-state index contributed by atoms with van der Waals surface area (Å²) in [7, 11) is 0. The summed E-state index contributed by atoms with van der Waals surface area (Å²) in [6.45, 7) is 0. The number of thiocarbonyl (C=S) groups is 1. The normalized spacial score (nSPS) is 9.94. The zero-order chi connectivity index (χ0) is 12.3. The molecule has 0 fully saturated rings. The maximum absolute atomic E-state index is 5.61. The molecule has 0 aliphatic heterocycles. The van der Waals surface area contributed by atoms with Crippen LogP contribution in [0.1, 0.15) is 5.69 Å². The van der Waals surface area contributed by atoms with E-state index in [0.717, 1.165) is 15.8 Å². The van der Waals surface area contributed by atoms with Gasteiger partial charge < -0.3 is 11.1 Å². The van der Waals surface area contributed by atoms with Crippen LogP contribution in [0.4, 0.5) is 11.4 Å². The summed E-state index contributed by atoms with van der Waals surface area (Å²) in [5.74, 6) is 0. The summed E-state index contributed by atoms with van der Waals surface area (Å²) in [4.78, 5) is 4.44. The summed E-state index contributed by atoms with van der Waals surface area (Å²) in [6.07, 6.45) is 1.67. The predicted octanol–water partition coefficient (Wildman–Crippen LogP) is 3.22. The van der Waals surface area contributed by atoms with Gasteiger partial charge in [0, 0.05) is 16.4 Å². The first kappa shape index (κ1) is 12.0. The van der Waals surface area contributed by atoms with Crippen molar-refractivity contribution in [2.45, 2.75) is 0 Å². The molecule has 0 amide bonds. The molecule has 2 aromatic rings. The lowest BCUT2D eigenvalue weighted by Gasteiger charge is -2.09. The first-order valence-electron chi connectivity index (χ1n) is 4.94. The number of hydrogen-bond donors (Lipinski definition) is 2. The van der Waals surface area contributed by atoms with E-state index in [0.29, 0.717) is 5.69 Å². The van der Waals surface area contributed by atoms with Crippen molar-refractivity contribution in [2.24, 2.45) is 5.73 Å². The topological polar surface area (TPSA) is 50.9 Å². The van der Waals surface area contributed by atoms with E-state index in [1.165, 1.54) is 0 Å². The zero-order valence-corrected chi connectivity index (χ0v) is 11.3. The number of aromatic nitrogens is 1. The summed E-state index contributed by atoms with van der Waals surface area (Å²) >= 11 is 8.34. The van der Waals surface area contributed by atoms with Gasteiger partial charge in [0.25, 0.3) is 0 Å². The SMILES string of the molecule is NC(=S)c1ncccc1Nc1ccc(Br)cc1. The zero-order valence-electron chi connectivity index (χ0n) is 8.85. The molecule has 1 aromatic heterocycles. The molecule has 86 valence electrons. The number of nitrogens with zero attached hydrogens (tertiary/aromatic N) is 1. The molecule has 0 saturated carbocycles. The molecule has 0 aliphatic rings. The molecule has 0 spiro atoms. The van der Waals surface area contributed by atoms with Crippen LogP contribution in [0.15, 0.2) is 47.1 Å². The fourth-order valence-electron chi connectivity index (χ4n) is 1.39. The Balaban J connectivity index is 2.30. The molecule has 0 unspecified atom stereocenters. The van der Waals surface area contributed by atoms with Crippen LogP contribution in [0, 0.1) is 0 Å². The Morgan fingerprint density at radius 2 is 1.94 bits per heavy atom. The van der Waals surface area contributed by atoms with Crippen LogP contribution < -0.4 is 11.1 Å². The minimum Gasteiger partial charge on any atom is -0.388 e. The maximum atomic E-state index is 5.61. The molecular formula is C12H10BrN3S. The molecule has 0 bridgehead atoms. The number of anilines is 2. The van der Waals surface area contributed by atoms with Gasteiger partial charge in [-0.2, -0.15) is 0 Å². The Labute approximate surface area is 113 Å². The number of nitrogens with two attached hydrogens (primary N) is 1. The van der Waals surface area contributed by atoms with Crippen LogP contribution in [-0.4, -0.2) is 9.97 Å². The molecule has 0 radical (unpaired) electrons. The van der Waals surface area contributed by atoms with Crippen molar-refractivity contribution in [1.82, 2.24) is 4.98 Å². The van der Waals surface area contributed by atoms with Gasteiger partial charge in [-0.05, 0) is 36.4 Å². The summed E-state index contributed by atoms with van der Waals surface area (Å²) in [5, 5.41) is 3.23. The summed E-state index contributed by atoms with van der Waals surface area (Å²) in [5.41, 5.74) is 7.98. The number of halogens is 1. The van der Waals surface area contributed by atoms with Crippen LogP contribution >= 0.6 is 28.1 Å². The standard InChI is InChI=1S/C12H10BrN3S/c13-8-3-5-9(6-4-8)16-10-2-1-7-15-11(10)12(14)17/h1-7,16H,(H2,14,17). The highest BCUT2D eigenvalue weighted by Crippen LogP contribution is 2.21. The Kier molecular flexibility index (Phi) is 3.71. The lowest BCUT2D eigenvalue weighted by atomic mass is 10.2. The smallest absolute Gasteiger partial charge is 0.124 e. The van der Waals surface area contributed by atoms with Crippen LogP contribution in [0.5, 0.6) is 0 Å². The fourth-order valence-corrected chi connectivity index (χ4v) is 1.82. The third-order valence-corrected chi connectivity index (χ3v) is 2.89. The largest absolute Gasteiger partial charge is 0.388 e. The molecule has 0 aliphatic carbocycles. The second-order valence-electron chi connectivity index (χ2n) is 3.40. The molecule has 17 heavy (non-hydrogen) atoms. The van der Waals surface area contributed by atoms with Gasteiger partial charge in [0.1, 0.15) is 10.7 Å². The van der Waals surface area contributed by atoms with Gasteiger partial charge in [-0.1, -0.05) is 28.1 Å². The number of hydrogen-bond acceptors (Lipinski definition) is 3. The van der Waals surface area contributed by atoms with Gasteiger partial charge in [-0.25, -0.2) is 0 Å². The van der Waals surface area contributed by atoms with E-state index < -0.39 is 0 Å². The molecule has 3 nitrogen and oxygen atoms in total. The van der Waals surface area contributed by atoms with Crippen LogP contribution in [0.3, 0.4) is 0 Å². The predicted molar refractivity (Wildman–Crippen MR) is 77.5 cm³/mol. The van der Waals surface area contributed by atoms with Crippen molar-refractivity contribution in [1.29, 1.82) is 0 Å². The molecule has 1 aromatic carbocycles. The van der Waals surface area contributed by atoms with Crippen molar-refractivity contribution < 1.29 is 0 Å². The lowest BCUT2D eigenvalue weighted by molar-refractivity contribution is 1.29. The van der Waals surface area contributed by atoms with Crippen LogP contribution in [-0.2, 0) is 0 Å². The van der Waals surface area contributed by atoms with Gasteiger partial charge in [-0.3, -0.25) is 4.98 Å². The van der Waals surface area contributed by atoms with E-state index >= 15 is 0 Å². The Hall–Kier alpha value is -1.46. The third-order valence-electron chi connectivity index (χ3n) is 2.16. The molecular weight excluding hydrogens is 298 g/mol. The lowest BCUT2D eigenvalue weighted by Crippen LogP contribution is -2.13. The van der Waals surface area contributed by atoms with Crippen molar-refractivity contribution in [2.75, 3.05) is 5.32 Å². The van der Waals surface area contributed by atoms with E-state index in [1.54, 1.807) is 6.20 Å². The molecule has 5 heteroatoms. The Morgan fingerprint density at radius 3 is 2.59 bits per heavy atom. The van der Waals surface area contributed by atoms with E-state index in [-0.39, 0.29) is 4.99 Å². The number of pyridine rings is 1. The highest BCUT2D eigenvalue weighted by atomic mass is 79.9. The summed E-state index contributed by atoms with van der Waals surface area (Å²) in [6, 6.07) is 11.6. The highest BCUT2D eigenvalue weighted by Gasteiger charge is 2.05. The van der Waals surface area contributed by atoms with Gasteiger partial charge >= 0.3 is 0 Å². The first-order valence-corrected chi connectivity index (χ1v) is 6.14. The van der Waals surface area contributed by atoms with Gasteiger partial charge in [0.05, 0.1) is 5.69 Å². The minimum atomic E-state index is 0.283. The van der Waals surface area contributed by atoms with Gasteiger partial charge in [0.15, 0.2) is 0 Å². The second-order valence-corrected chi connectivity index (χ2v) is 4.75. The molecule has 3 N–H and O–H groups in total. The highest BCUT2D eigenvalue weighted by molar-refractivity contribution is 9.10. The van der Waals surface area contributed by atoms with E-state index in [1.807, 2.05) is 36.4 Å². The maximum Gasteiger partial charge on any atom is 0.124 e. The average molecular weight is 308 g/mol. The molecule has 0 saturated heterocycles. The first-order chi connectivity index (χ1) is 8.16. The van der Waals surface area contributed by atoms with Crippen LogP contribution in [0.25, 0.3) is 0 Å². The Morgan fingerprint density at radius 1 is 1.24 bits per heavy atom. The van der Waals surface area contributed by atoms with Crippen LogP contribution in [0.2, 0.25) is 0 Å². The Bertz CT molecular complexity index is 540. The van der Waals surface area contributed by atoms with Crippen molar-refractivity contribution in [3.63, 3.8) is 0 Å².